The Bertz CT molecular complexity index is 414. The molecule has 98 valence electrons. The molecule has 1 aromatic carbocycles. The summed E-state index contributed by atoms with van der Waals surface area (Å²) in [5, 5.41) is 20.3. The molecule has 18 heavy (non-hydrogen) atoms. The van der Waals surface area contributed by atoms with Crippen molar-refractivity contribution in [3.8, 4) is 0 Å². The molecule has 5 heteroatoms. The van der Waals surface area contributed by atoms with Crippen LogP contribution < -0.4 is 5.32 Å². The fourth-order valence-electron chi connectivity index (χ4n) is 1.53. The van der Waals surface area contributed by atoms with Crippen molar-refractivity contribution < 1.29 is 19.8 Å². The van der Waals surface area contributed by atoms with E-state index in [9.17, 15) is 9.59 Å². The van der Waals surface area contributed by atoms with E-state index < -0.39 is 18.0 Å². The van der Waals surface area contributed by atoms with Crippen molar-refractivity contribution in [3.05, 3.63) is 35.4 Å². The number of carbonyl (C=O) groups is 2. The first-order valence-corrected chi connectivity index (χ1v) is 5.72. The lowest BCUT2D eigenvalue weighted by atomic mass is 10.1. The number of benzene rings is 1. The third-order valence-corrected chi connectivity index (χ3v) is 2.62. The van der Waals surface area contributed by atoms with Crippen molar-refractivity contribution in [2.24, 2.45) is 0 Å². The molecule has 0 saturated heterocycles. The zero-order valence-electron chi connectivity index (χ0n) is 10.2. The van der Waals surface area contributed by atoms with E-state index in [4.69, 9.17) is 10.2 Å². The van der Waals surface area contributed by atoms with Gasteiger partial charge in [0.1, 0.15) is 6.04 Å². The van der Waals surface area contributed by atoms with E-state index in [0.717, 1.165) is 11.1 Å². The zero-order chi connectivity index (χ0) is 13.5. The predicted octanol–water partition coefficient (Wildman–Crippen LogP) is 1.40. The van der Waals surface area contributed by atoms with Crippen LogP contribution >= 0.6 is 0 Å². The van der Waals surface area contributed by atoms with Gasteiger partial charge in [0.15, 0.2) is 0 Å². The molecule has 0 fully saturated rings. The van der Waals surface area contributed by atoms with Crippen LogP contribution in [0.5, 0.6) is 0 Å². The van der Waals surface area contributed by atoms with E-state index in [0.29, 0.717) is 6.54 Å². The Balaban J connectivity index is 2.49. The lowest BCUT2D eigenvalue weighted by molar-refractivity contribution is -0.140. The van der Waals surface area contributed by atoms with E-state index in [2.05, 4.69) is 5.32 Å². The molecule has 5 nitrogen and oxygen atoms in total. The molecule has 1 aromatic rings. The Morgan fingerprint density at radius 2 is 1.83 bits per heavy atom. The number of aliphatic carboxylic acids is 2. The third-order valence-electron chi connectivity index (χ3n) is 2.62. The molecule has 0 bridgehead atoms. The van der Waals surface area contributed by atoms with Gasteiger partial charge in [0.2, 0.25) is 0 Å². The Labute approximate surface area is 105 Å². The van der Waals surface area contributed by atoms with Crippen LogP contribution in [0.3, 0.4) is 0 Å². The fraction of sp³-hybridized carbons (Fsp3) is 0.385. The maximum atomic E-state index is 10.9. The van der Waals surface area contributed by atoms with Gasteiger partial charge in [0.05, 0.1) is 0 Å². The second-order valence-electron chi connectivity index (χ2n) is 4.19. The Morgan fingerprint density at radius 3 is 2.33 bits per heavy atom. The summed E-state index contributed by atoms with van der Waals surface area (Å²) in [4.78, 5) is 21.3. The summed E-state index contributed by atoms with van der Waals surface area (Å²) in [5.74, 6) is -2.01. The lowest BCUT2D eigenvalue weighted by Gasteiger charge is -2.13. The van der Waals surface area contributed by atoms with E-state index in [1.165, 1.54) is 0 Å². The summed E-state index contributed by atoms with van der Waals surface area (Å²) in [5.41, 5.74) is 2.11. The smallest absolute Gasteiger partial charge is 0.320 e. The van der Waals surface area contributed by atoms with E-state index in [1.807, 2.05) is 31.2 Å². The molecule has 0 heterocycles. The van der Waals surface area contributed by atoms with Gasteiger partial charge in [-0.25, -0.2) is 0 Å². The van der Waals surface area contributed by atoms with E-state index >= 15 is 0 Å². The first-order valence-electron chi connectivity index (χ1n) is 5.72. The summed E-state index contributed by atoms with van der Waals surface area (Å²) in [6.45, 7) is 2.39. The monoisotopic (exact) mass is 251 g/mol. The topological polar surface area (TPSA) is 86.6 Å². The van der Waals surface area contributed by atoms with Gasteiger partial charge in [-0.15, -0.1) is 0 Å². The minimum absolute atomic E-state index is 0.0799. The van der Waals surface area contributed by atoms with Crippen molar-refractivity contribution >= 4 is 11.9 Å². The largest absolute Gasteiger partial charge is 0.481 e. The molecule has 1 atom stereocenters. The van der Waals surface area contributed by atoms with Gasteiger partial charge in [0, 0.05) is 13.0 Å². The van der Waals surface area contributed by atoms with Gasteiger partial charge in [-0.1, -0.05) is 29.8 Å². The average Bonchev–Trinajstić information content (AvgIpc) is 2.30. The predicted molar refractivity (Wildman–Crippen MR) is 66.3 cm³/mol. The molecule has 0 amide bonds. The van der Waals surface area contributed by atoms with Crippen LogP contribution in [0, 0.1) is 6.92 Å². The third kappa shape index (κ3) is 4.97. The summed E-state index contributed by atoms with van der Waals surface area (Å²) in [6.07, 6.45) is -0.0750. The summed E-state index contributed by atoms with van der Waals surface area (Å²) in [7, 11) is 0. The van der Waals surface area contributed by atoms with Crippen LogP contribution in [-0.4, -0.2) is 28.2 Å². The zero-order valence-corrected chi connectivity index (χ0v) is 10.2. The van der Waals surface area contributed by atoms with Gasteiger partial charge >= 0.3 is 11.9 Å². The first kappa shape index (κ1) is 14.2. The molecular formula is C13H17NO4. The molecule has 1 unspecified atom stereocenters. The van der Waals surface area contributed by atoms with Gasteiger partial charge in [-0.3, -0.25) is 9.59 Å². The van der Waals surface area contributed by atoms with Gasteiger partial charge in [0.25, 0.3) is 0 Å². The summed E-state index contributed by atoms with van der Waals surface area (Å²) in [6, 6.07) is 6.90. The average molecular weight is 251 g/mol. The quantitative estimate of drug-likeness (QED) is 0.682. The standard InChI is InChI=1S/C13H17NO4/c1-9-2-4-10(5-3-9)8-14-11(13(17)18)6-7-12(15)16/h2-5,11,14H,6-8H2,1H3,(H,15,16)(H,17,18). The number of hydrogen-bond acceptors (Lipinski definition) is 3. The second kappa shape index (κ2) is 6.76. The van der Waals surface area contributed by atoms with Crippen molar-refractivity contribution in [3.63, 3.8) is 0 Å². The normalized spacial score (nSPS) is 12.1. The Hall–Kier alpha value is -1.88. The van der Waals surface area contributed by atoms with Crippen LogP contribution in [0.2, 0.25) is 0 Å². The van der Waals surface area contributed by atoms with Crippen molar-refractivity contribution in [2.75, 3.05) is 0 Å². The summed E-state index contributed by atoms with van der Waals surface area (Å²) < 4.78 is 0. The highest BCUT2D eigenvalue weighted by atomic mass is 16.4. The Morgan fingerprint density at radius 1 is 1.22 bits per heavy atom. The molecule has 0 aromatic heterocycles. The molecule has 0 saturated carbocycles. The van der Waals surface area contributed by atoms with Crippen LogP contribution in [-0.2, 0) is 16.1 Å². The van der Waals surface area contributed by atoms with Crippen LogP contribution in [0.4, 0.5) is 0 Å². The molecule has 0 aliphatic heterocycles. The first-order chi connectivity index (χ1) is 8.49. The maximum absolute atomic E-state index is 10.9. The van der Waals surface area contributed by atoms with E-state index in [1.54, 1.807) is 0 Å². The number of aryl methyl sites for hydroxylation is 1. The number of nitrogens with one attached hydrogen (secondary N) is 1. The lowest BCUT2D eigenvalue weighted by Crippen LogP contribution is -2.36. The van der Waals surface area contributed by atoms with Crippen LogP contribution in [0.25, 0.3) is 0 Å². The van der Waals surface area contributed by atoms with Crippen molar-refractivity contribution in [2.45, 2.75) is 32.4 Å². The van der Waals surface area contributed by atoms with E-state index in [-0.39, 0.29) is 12.8 Å². The number of carboxylic acids is 2. The SMILES string of the molecule is Cc1ccc(CNC(CCC(=O)O)C(=O)O)cc1. The van der Waals surface area contributed by atoms with Gasteiger partial charge in [-0.2, -0.15) is 0 Å². The van der Waals surface area contributed by atoms with Gasteiger partial charge < -0.3 is 15.5 Å². The molecule has 0 aliphatic rings. The van der Waals surface area contributed by atoms with Crippen LogP contribution in [0.15, 0.2) is 24.3 Å². The molecule has 3 N–H and O–H groups in total. The minimum Gasteiger partial charge on any atom is -0.481 e. The highest BCUT2D eigenvalue weighted by molar-refractivity contribution is 5.75. The van der Waals surface area contributed by atoms with Crippen molar-refractivity contribution in [1.29, 1.82) is 0 Å². The maximum Gasteiger partial charge on any atom is 0.320 e. The molecular weight excluding hydrogens is 234 g/mol. The highest BCUT2D eigenvalue weighted by Gasteiger charge is 2.17. The molecule has 0 aliphatic carbocycles. The number of hydrogen-bond donors (Lipinski definition) is 3. The molecule has 0 radical (unpaired) electrons. The minimum atomic E-state index is -1.02. The van der Waals surface area contributed by atoms with Crippen LogP contribution in [0.1, 0.15) is 24.0 Å². The summed E-state index contributed by atoms with van der Waals surface area (Å²) >= 11 is 0. The van der Waals surface area contributed by atoms with Crippen molar-refractivity contribution in [1.82, 2.24) is 5.32 Å². The highest BCUT2D eigenvalue weighted by Crippen LogP contribution is 2.05. The molecule has 0 spiro atoms. The second-order valence-corrected chi connectivity index (χ2v) is 4.19. The number of rotatable bonds is 7. The van der Waals surface area contributed by atoms with Gasteiger partial charge in [-0.05, 0) is 18.9 Å². The Kier molecular flexibility index (Phi) is 5.32. The molecule has 1 rings (SSSR count). The fourth-order valence-corrected chi connectivity index (χ4v) is 1.53. The number of carboxylic acid groups (broad SMARTS) is 2.